The maximum atomic E-state index is 12.6. The number of sulfonamides is 1. The molecule has 0 spiro atoms. The van der Waals surface area contributed by atoms with Gasteiger partial charge in [0, 0.05) is 6.20 Å². The number of carbonyl (C=O) groups excluding carboxylic acids is 1. The second-order valence-electron chi connectivity index (χ2n) is 4.07. The van der Waals surface area contributed by atoms with Crippen molar-refractivity contribution in [2.75, 3.05) is 10.8 Å². The smallest absolute Gasteiger partial charge is 0.264 e. The molecule has 3 N–H and O–H groups in total. The van der Waals surface area contributed by atoms with Crippen molar-refractivity contribution < 1.29 is 13.2 Å². The highest BCUT2D eigenvalue weighted by atomic mass is 32.2. The van der Waals surface area contributed by atoms with E-state index in [0.29, 0.717) is 0 Å². The van der Waals surface area contributed by atoms with E-state index >= 15 is 0 Å². The first-order valence-electron chi connectivity index (χ1n) is 5.75. The van der Waals surface area contributed by atoms with Crippen molar-refractivity contribution in [2.24, 2.45) is 5.73 Å². The molecule has 108 valence electrons. The lowest BCUT2D eigenvalue weighted by atomic mass is 10.2. The highest BCUT2D eigenvalue weighted by Gasteiger charge is 2.27. The van der Waals surface area contributed by atoms with Crippen LogP contribution in [0, 0.1) is 11.3 Å². The summed E-state index contributed by atoms with van der Waals surface area (Å²) in [6.07, 6.45) is 2.59. The predicted octanol–water partition coefficient (Wildman–Crippen LogP) is -0.0380. The zero-order valence-electron chi connectivity index (χ0n) is 10.7. The molecule has 0 aliphatic carbocycles. The fraction of sp³-hybridized carbons (Fsp3) is 0.0833. The fourth-order valence-electron chi connectivity index (χ4n) is 1.69. The number of primary amides is 1. The van der Waals surface area contributed by atoms with Crippen LogP contribution in [0.25, 0.3) is 0 Å². The molecule has 0 aliphatic rings. The summed E-state index contributed by atoms with van der Waals surface area (Å²) in [5.41, 5.74) is 5.48. The van der Waals surface area contributed by atoms with Crippen LogP contribution in [0.1, 0.15) is 5.56 Å². The molecule has 0 saturated heterocycles. The Morgan fingerprint density at radius 2 is 2.24 bits per heavy atom. The molecule has 0 unspecified atom stereocenters. The Kier molecular flexibility index (Phi) is 3.91. The topological polar surface area (TPSA) is 133 Å². The van der Waals surface area contributed by atoms with Gasteiger partial charge in [-0.1, -0.05) is 6.07 Å². The molecule has 1 amide bonds. The van der Waals surface area contributed by atoms with Gasteiger partial charge in [0.05, 0.1) is 28.4 Å². The number of carbonyl (C=O) groups is 1. The summed E-state index contributed by atoms with van der Waals surface area (Å²) in [5.74, 6) is -0.809. The van der Waals surface area contributed by atoms with E-state index in [1.165, 1.54) is 36.7 Å². The summed E-state index contributed by atoms with van der Waals surface area (Å²) < 4.78 is 26.0. The minimum atomic E-state index is -4.03. The highest BCUT2D eigenvalue weighted by Crippen LogP contribution is 2.22. The Hall–Kier alpha value is -2.86. The number of nitrogens with one attached hydrogen (secondary N) is 1. The van der Waals surface area contributed by atoms with E-state index in [0.717, 1.165) is 4.31 Å². The lowest BCUT2D eigenvalue weighted by Crippen LogP contribution is -2.38. The van der Waals surface area contributed by atoms with Gasteiger partial charge in [-0.2, -0.15) is 10.4 Å². The number of rotatable bonds is 5. The van der Waals surface area contributed by atoms with Crippen LogP contribution in [-0.4, -0.2) is 31.1 Å². The first-order valence-corrected chi connectivity index (χ1v) is 7.19. The Labute approximate surface area is 120 Å². The van der Waals surface area contributed by atoms with E-state index in [1.807, 2.05) is 6.07 Å². The summed E-state index contributed by atoms with van der Waals surface area (Å²) >= 11 is 0. The lowest BCUT2D eigenvalue weighted by Gasteiger charge is -2.21. The largest absolute Gasteiger partial charge is 0.368 e. The number of aromatic amines is 1. The van der Waals surface area contributed by atoms with Gasteiger partial charge in [0.25, 0.3) is 10.0 Å². The van der Waals surface area contributed by atoms with Gasteiger partial charge in [-0.15, -0.1) is 0 Å². The van der Waals surface area contributed by atoms with Crippen molar-refractivity contribution in [1.82, 2.24) is 10.2 Å². The van der Waals surface area contributed by atoms with Crippen LogP contribution in [0.4, 0.5) is 5.69 Å². The minimum absolute atomic E-state index is 0.107. The van der Waals surface area contributed by atoms with Gasteiger partial charge in [-0.25, -0.2) is 8.42 Å². The number of anilines is 1. The predicted molar refractivity (Wildman–Crippen MR) is 73.5 cm³/mol. The van der Waals surface area contributed by atoms with Crippen LogP contribution in [-0.2, 0) is 14.8 Å². The van der Waals surface area contributed by atoms with Crippen molar-refractivity contribution >= 4 is 21.6 Å². The van der Waals surface area contributed by atoms with E-state index in [2.05, 4.69) is 10.2 Å². The first kappa shape index (κ1) is 14.5. The van der Waals surface area contributed by atoms with E-state index in [9.17, 15) is 13.2 Å². The van der Waals surface area contributed by atoms with Gasteiger partial charge >= 0.3 is 0 Å². The van der Waals surface area contributed by atoms with Crippen molar-refractivity contribution in [2.45, 2.75) is 4.90 Å². The third-order valence-corrected chi connectivity index (χ3v) is 4.39. The number of hydrogen-bond acceptors (Lipinski definition) is 5. The third kappa shape index (κ3) is 3.01. The van der Waals surface area contributed by atoms with E-state index < -0.39 is 22.5 Å². The number of nitriles is 1. The molecule has 1 heterocycles. The minimum Gasteiger partial charge on any atom is -0.368 e. The van der Waals surface area contributed by atoms with Gasteiger partial charge in [0.1, 0.15) is 6.54 Å². The molecule has 0 saturated carbocycles. The van der Waals surface area contributed by atoms with Gasteiger partial charge in [0.2, 0.25) is 5.91 Å². The van der Waals surface area contributed by atoms with Crippen molar-refractivity contribution in [1.29, 1.82) is 5.26 Å². The third-order valence-electron chi connectivity index (χ3n) is 2.62. The summed E-state index contributed by atoms with van der Waals surface area (Å²) in [6, 6.07) is 7.35. The van der Waals surface area contributed by atoms with Crippen molar-refractivity contribution in [3.05, 3.63) is 42.2 Å². The highest BCUT2D eigenvalue weighted by molar-refractivity contribution is 7.92. The number of aromatic nitrogens is 2. The monoisotopic (exact) mass is 305 g/mol. The summed E-state index contributed by atoms with van der Waals surface area (Å²) in [4.78, 5) is 11.0. The zero-order valence-corrected chi connectivity index (χ0v) is 11.5. The van der Waals surface area contributed by atoms with Crippen molar-refractivity contribution in [3.63, 3.8) is 0 Å². The molecule has 2 rings (SSSR count). The quantitative estimate of drug-likeness (QED) is 0.799. The SMILES string of the molecule is N#Cc1cccc(S(=O)(=O)N(CC(N)=O)c2cn[nH]c2)c1. The van der Waals surface area contributed by atoms with Crippen LogP contribution in [0.5, 0.6) is 0 Å². The molecule has 0 atom stereocenters. The molecule has 0 bridgehead atoms. The number of nitrogens with zero attached hydrogens (tertiary/aromatic N) is 3. The van der Waals surface area contributed by atoms with E-state index in [-0.39, 0.29) is 16.1 Å². The first-order chi connectivity index (χ1) is 9.95. The number of nitrogens with two attached hydrogens (primary N) is 1. The molecule has 0 aliphatic heterocycles. The molecular formula is C12H11N5O3S. The Morgan fingerprint density at radius 3 is 2.81 bits per heavy atom. The molecule has 0 radical (unpaired) electrons. The number of hydrogen-bond donors (Lipinski definition) is 2. The average molecular weight is 305 g/mol. The second kappa shape index (κ2) is 5.64. The van der Waals surface area contributed by atoms with Gasteiger partial charge in [0.15, 0.2) is 0 Å². The maximum Gasteiger partial charge on any atom is 0.264 e. The van der Waals surface area contributed by atoms with Crippen LogP contribution >= 0.6 is 0 Å². The zero-order chi connectivity index (χ0) is 15.5. The standard InChI is InChI=1S/C12H11N5O3S/c13-5-9-2-1-3-11(4-9)21(19,20)17(8-12(14)18)10-6-15-16-7-10/h1-4,6-7H,8H2,(H2,14,18)(H,15,16). The normalized spacial score (nSPS) is 10.8. The number of amides is 1. The fourth-order valence-corrected chi connectivity index (χ4v) is 3.15. The average Bonchev–Trinajstić information content (AvgIpc) is 2.98. The molecular weight excluding hydrogens is 294 g/mol. The molecule has 2 aromatic rings. The molecule has 0 fully saturated rings. The van der Waals surface area contributed by atoms with E-state index in [4.69, 9.17) is 11.0 Å². The lowest BCUT2D eigenvalue weighted by molar-refractivity contribution is -0.116. The Morgan fingerprint density at radius 1 is 1.48 bits per heavy atom. The van der Waals surface area contributed by atoms with E-state index in [1.54, 1.807) is 0 Å². The summed E-state index contributed by atoms with van der Waals surface area (Å²) in [5, 5.41) is 15.0. The molecule has 1 aromatic heterocycles. The van der Waals surface area contributed by atoms with Gasteiger partial charge in [-0.05, 0) is 18.2 Å². The number of benzene rings is 1. The maximum absolute atomic E-state index is 12.6. The van der Waals surface area contributed by atoms with Gasteiger partial charge in [-0.3, -0.25) is 14.2 Å². The summed E-state index contributed by atoms with van der Waals surface area (Å²) in [7, 11) is -4.03. The van der Waals surface area contributed by atoms with Gasteiger partial charge < -0.3 is 5.73 Å². The van der Waals surface area contributed by atoms with Crippen LogP contribution in [0.2, 0.25) is 0 Å². The van der Waals surface area contributed by atoms with Crippen LogP contribution in [0.15, 0.2) is 41.6 Å². The Bertz CT molecular complexity index is 793. The van der Waals surface area contributed by atoms with Crippen LogP contribution < -0.4 is 10.0 Å². The summed E-state index contributed by atoms with van der Waals surface area (Å²) in [6.45, 7) is -0.529. The molecule has 9 heteroatoms. The molecule has 21 heavy (non-hydrogen) atoms. The Balaban J connectivity index is 2.52. The molecule has 1 aromatic carbocycles. The second-order valence-corrected chi connectivity index (χ2v) is 5.94. The van der Waals surface area contributed by atoms with Crippen molar-refractivity contribution in [3.8, 4) is 6.07 Å². The number of H-pyrrole nitrogens is 1. The van der Waals surface area contributed by atoms with Crippen LogP contribution in [0.3, 0.4) is 0 Å². The molecule has 8 nitrogen and oxygen atoms in total.